The maximum atomic E-state index is 11.8. The Morgan fingerprint density at radius 1 is 1.38 bits per heavy atom. The summed E-state index contributed by atoms with van der Waals surface area (Å²) in [6, 6.07) is 7.62. The van der Waals surface area contributed by atoms with Gasteiger partial charge in [0.15, 0.2) is 5.58 Å². The monoisotopic (exact) mass is 286 g/mol. The van der Waals surface area contributed by atoms with E-state index in [2.05, 4.69) is 15.3 Å². The number of hydrogen-bond donors (Lipinski definition) is 2. The van der Waals surface area contributed by atoms with Crippen molar-refractivity contribution < 1.29 is 9.21 Å². The predicted octanol–water partition coefficient (Wildman–Crippen LogP) is 2.66. The summed E-state index contributed by atoms with van der Waals surface area (Å²) in [6.45, 7) is 0. The molecule has 0 unspecified atom stereocenters. The molecule has 0 aliphatic heterocycles. The van der Waals surface area contributed by atoms with E-state index in [4.69, 9.17) is 10.2 Å². The van der Waals surface area contributed by atoms with E-state index in [9.17, 15) is 4.79 Å². The molecule has 3 rings (SSSR count). The van der Waals surface area contributed by atoms with Crippen LogP contribution in [0.15, 0.2) is 33.7 Å². The standard InChI is InChI=1S/C15H18N4O2/c16-14(18-13(20)9-10-5-1-2-6-10)19-15-17-11-7-3-4-8-12(11)21-15/h3-4,7-8,10H,1-2,5-6,9H2,(H3,16,17,18,19,20). The predicted molar refractivity (Wildman–Crippen MR) is 80.8 cm³/mol. The molecule has 1 saturated carbocycles. The topological polar surface area (TPSA) is 93.5 Å². The van der Waals surface area contributed by atoms with Crippen LogP contribution in [0.4, 0.5) is 6.01 Å². The highest BCUT2D eigenvalue weighted by Crippen LogP contribution is 2.27. The molecule has 0 atom stereocenters. The second kappa shape index (κ2) is 5.95. The van der Waals surface area contributed by atoms with E-state index in [-0.39, 0.29) is 17.9 Å². The number of hydrogen-bond acceptors (Lipinski definition) is 3. The third-order valence-electron chi connectivity index (χ3n) is 3.71. The van der Waals surface area contributed by atoms with E-state index in [1.54, 1.807) is 0 Å². The van der Waals surface area contributed by atoms with Gasteiger partial charge in [0.05, 0.1) is 0 Å². The lowest BCUT2D eigenvalue weighted by Crippen LogP contribution is -2.24. The number of anilines is 1. The first-order valence-corrected chi connectivity index (χ1v) is 7.20. The molecule has 0 spiro atoms. The zero-order valence-electron chi connectivity index (χ0n) is 11.7. The number of amides is 1. The van der Waals surface area contributed by atoms with Gasteiger partial charge in [-0.2, -0.15) is 9.98 Å². The van der Waals surface area contributed by atoms with Crippen LogP contribution in [0.1, 0.15) is 32.1 Å². The van der Waals surface area contributed by atoms with Gasteiger partial charge in [0.25, 0.3) is 0 Å². The van der Waals surface area contributed by atoms with Crippen LogP contribution in [-0.2, 0) is 4.79 Å². The fourth-order valence-corrected chi connectivity index (χ4v) is 2.70. The van der Waals surface area contributed by atoms with Crippen LogP contribution in [-0.4, -0.2) is 16.9 Å². The number of nitrogens with zero attached hydrogens (tertiary/aromatic N) is 2. The third kappa shape index (κ3) is 3.39. The van der Waals surface area contributed by atoms with Crippen LogP contribution in [0.25, 0.3) is 11.1 Å². The second-order valence-electron chi connectivity index (χ2n) is 5.36. The highest BCUT2D eigenvalue weighted by atomic mass is 16.4. The molecule has 6 nitrogen and oxygen atoms in total. The van der Waals surface area contributed by atoms with Crippen molar-refractivity contribution in [2.45, 2.75) is 32.1 Å². The summed E-state index contributed by atoms with van der Waals surface area (Å²) in [6.07, 6.45) is 5.10. The molecule has 1 fully saturated rings. The maximum Gasteiger partial charge on any atom is 0.302 e. The lowest BCUT2D eigenvalue weighted by Gasteiger charge is -2.05. The van der Waals surface area contributed by atoms with Crippen molar-refractivity contribution in [3.05, 3.63) is 24.3 Å². The molecule has 110 valence electrons. The number of fused-ring (bicyclic) bond motifs is 1. The molecule has 2 aromatic rings. The van der Waals surface area contributed by atoms with Gasteiger partial charge in [0.2, 0.25) is 11.9 Å². The van der Waals surface area contributed by atoms with Gasteiger partial charge in [-0.3, -0.25) is 10.1 Å². The van der Waals surface area contributed by atoms with Crippen molar-refractivity contribution in [3.8, 4) is 0 Å². The largest absolute Gasteiger partial charge is 0.423 e. The summed E-state index contributed by atoms with van der Waals surface area (Å²) in [5, 5.41) is 2.72. The van der Waals surface area contributed by atoms with Gasteiger partial charge in [0.1, 0.15) is 5.52 Å². The Hall–Kier alpha value is -2.37. The molecule has 1 aliphatic rings. The van der Waals surface area contributed by atoms with E-state index in [1.807, 2.05) is 24.3 Å². The number of rotatable bonds is 3. The first kappa shape index (κ1) is 13.6. The maximum absolute atomic E-state index is 11.8. The van der Waals surface area contributed by atoms with Gasteiger partial charge in [-0.1, -0.05) is 25.0 Å². The average molecular weight is 286 g/mol. The first-order valence-electron chi connectivity index (χ1n) is 7.20. The summed E-state index contributed by atoms with van der Waals surface area (Å²) in [5.74, 6) is 0.283. The highest BCUT2D eigenvalue weighted by molar-refractivity contribution is 5.99. The van der Waals surface area contributed by atoms with E-state index in [0.29, 0.717) is 17.9 Å². The minimum atomic E-state index is -0.192. The summed E-state index contributed by atoms with van der Waals surface area (Å²) < 4.78 is 5.46. The SMILES string of the molecule is N/C(=N\C(=O)CC1CCCC1)Nc1nc2ccccc2o1. The van der Waals surface area contributed by atoms with Gasteiger partial charge < -0.3 is 10.2 Å². The minimum absolute atomic E-state index is 0.0181. The zero-order valence-corrected chi connectivity index (χ0v) is 11.7. The molecule has 21 heavy (non-hydrogen) atoms. The Labute approximate surface area is 122 Å². The van der Waals surface area contributed by atoms with Gasteiger partial charge in [0, 0.05) is 6.42 Å². The summed E-state index contributed by atoms with van der Waals surface area (Å²) in [7, 11) is 0. The molecular formula is C15H18N4O2. The van der Waals surface area contributed by atoms with E-state index in [0.717, 1.165) is 18.4 Å². The Bertz CT molecular complexity index is 638. The van der Waals surface area contributed by atoms with Crippen LogP contribution < -0.4 is 11.1 Å². The number of nitrogens with two attached hydrogens (primary N) is 1. The number of guanidine groups is 1. The van der Waals surface area contributed by atoms with Gasteiger partial charge in [-0.15, -0.1) is 0 Å². The van der Waals surface area contributed by atoms with Crippen molar-refractivity contribution in [1.29, 1.82) is 0 Å². The van der Waals surface area contributed by atoms with Gasteiger partial charge in [-0.05, 0) is 30.9 Å². The fourth-order valence-electron chi connectivity index (χ4n) is 2.70. The summed E-state index contributed by atoms with van der Waals surface area (Å²) >= 11 is 0. The quantitative estimate of drug-likeness (QED) is 0.668. The number of carbonyl (C=O) groups is 1. The highest BCUT2D eigenvalue weighted by Gasteiger charge is 2.18. The van der Waals surface area contributed by atoms with Gasteiger partial charge >= 0.3 is 6.01 Å². The van der Waals surface area contributed by atoms with Crippen LogP contribution in [0.5, 0.6) is 0 Å². The van der Waals surface area contributed by atoms with E-state index in [1.165, 1.54) is 12.8 Å². The van der Waals surface area contributed by atoms with E-state index >= 15 is 0 Å². The Morgan fingerprint density at radius 3 is 2.90 bits per heavy atom. The normalized spacial score (nSPS) is 16.5. The van der Waals surface area contributed by atoms with Crippen molar-refractivity contribution >= 4 is 29.0 Å². The summed E-state index contributed by atoms with van der Waals surface area (Å²) in [4.78, 5) is 19.9. The number of aromatic nitrogens is 1. The van der Waals surface area contributed by atoms with Crippen molar-refractivity contribution in [2.24, 2.45) is 16.6 Å². The molecular weight excluding hydrogens is 268 g/mol. The Balaban J connectivity index is 1.62. The molecule has 3 N–H and O–H groups in total. The molecule has 1 aromatic heterocycles. The van der Waals surface area contributed by atoms with E-state index < -0.39 is 0 Å². The lowest BCUT2D eigenvalue weighted by atomic mass is 10.0. The van der Waals surface area contributed by atoms with Crippen LogP contribution in [0.3, 0.4) is 0 Å². The van der Waals surface area contributed by atoms with Crippen molar-refractivity contribution in [1.82, 2.24) is 4.98 Å². The molecule has 1 amide bonds. The number of oxazole rings is 1. The molecule has 1 aromatic carbocycles. The Kier molecular flexibility index (Phi) is 3.85. The Morgan fingerprint density at radius 2 is 2.14 bits per heavy atom. The number of para-hydroxylation sites is 2. The minimum Gasteiger partial charge on any atom is -0.423 e. The van der Waals surface area contributed by atoms with Gasteiger partial charge in [-0.25, -0.2) is 0 Å². The number of nitrogens with one attached hydrogen (secondary N) is 1. The number of carbonyl (C=O) groups excluding carboxylic acids is 1. The third-order valence-corrected chi connectivity index (χ3v) is 3.71. The molecule has 0 radical (unpaired) electrons. The lowest BCUT2D eigenvalue weighted by molar-refractivity contribution is -0.118. The molecule has 6 heteroatoms. The van der Waals surface area contributed by atoms with Crippen LogP contribution in [0, 0.1) is 5.92 Å². The molecule has 0 saturated heterocycles. The second-order valence-corrected chi connectivity index (χ2v) is 5.36. The van der Waals surface area contributed by atoms with Crippen molar-refractivity contribution in [2.75, 3.05) is 5.32 Å². The first-order chi connectivity index (χ1) is 10.2. The van der Waals surface area contributed by atoms with Crippen molar-refractivity contribution in [3.63, 3.8) is 0 Å². The molecule has 1 heterocycles. The smallest absolute Gasteiger partial charge is 0.302 e. The van der Waals surface area contributed by atoms with Crippen LogP contribution in [0.2, 0.25) is 0 Å². The average Bonchev–Trinajstić information content (AvgIpc) is 3.06. The molecule has 1 aliphatic carbocycles. The number of benzene rings is 1. The van der Waals surface area contributed by atoms with Crippen LogP contribution >= 0.6 is 0 Å². The zero-order chi connectivity index (χ0) is 14.7. The molecule has 0 bridgehead atoms. The fraction of sp³-hybridized carbons (Fsp3) is 0.400. The summed E-state index contributed by atoms with van der Waals surface area (Å²) in [5.41, 5.74) is 7.11. The number of aliphatic imine (C=N–C) groups is 1.